The summed E-state index contributed by atoms with van der Waals surface area (Å²) in [7, 11) is -1.34. The van der Waals surface area contributed by atoms with Crippen LogP contribution in [0, 0.1) is 0 Å². The predicted octanol–water partition coefficient (Wildman–Crippen LogP) is 3.01. The molecular formula is C11H27NOSi. The SMILES string of the molecule is CCO[Si](C)(C)CCCNC(C)(C)C. The van der Waals surface area contributed by atoms with Gasteiger partial charge in [-0.05, 0) is 59.8 Å². The standard InChI is InChI=1S/C11H27NOSi/c1-7-13-14(5,6)10-8-9-12-11(2,3)4/h12H,7-10H2,1-6H3. The van der Waals surface area contributed by atoms with E-state index >= 15 is 0 Å². The van der Waals surface area contributed by atoms with E-state index in [1.165, 1.54) is 12.5 Å². The quantitative estimate of drug-likeness (QED) is 0.545. The molecule has 0 aliphatic heterocycles. The van der Waals surface area contributed by atoms with E-state index in [2.05, 4.69) is 46.1 Å². The highest BCUT2D eigenvalue weighted by atomic mass is 28.4. The van der Waals surface area contributed by atoms with Crippen LogP contribution in [0.1, 0.15) is 34.1 Å². The van der Waals surface area contributed by atoms with E-state index in [9.17, 15) is 0 Å². The van der Waals surface area contributed by atoms with Crippen LogP contribution in [0.4, 0.5) is 0 Å². The minimum Gasteiger partial charge on any atom is -0.418 e. The molecule has 0 spiro atoms. The van der Waals surface area contributed by atoms with Crippen molar-refractivity contribution in [2.75, 3.05) is 13.2 Å². The summed E-state index contributed by atoms with van der Waals surface area (Å²) in [6.45, 7) is 15.3. The molecule has 0 aromatic heterocycles. The third-order valence-electron chi connectivity index (χ3n) is 2.15. The van der Waals surface area contributed by atoms with Crippen LogP contribution < -0.4 is 5.32 Å². The normalized spacial score (nSPS) is 13.3. The lowest BCUT2D eigenvalue weighted by molar-refractivity contribution is 0.326. The van der Waals surface area contributed by atoms with Crippen LogP contribution in [-0.4, -0.2) is 27.0 Å². The highest BCUT2D eigenvalue weighted by Gasteiger charge is 2.21. The number of rotatable bonds is 6. The van der Waals surface area contributed by atoms with Gasteiger partial charge in [-0.25, -0.2) is 0 Å². The van der Waals surface area contributed by atoms with Gasteiger partial charge in [0.2, 0.25) is 0 Å². The van der Waals surface area contributed by atoms with Crippen molar-refractivity contribution in [1.82, 2.24) is 5.32 Å². The van der Waals surface area contributed by atoms with Crippen LogP contribution >= 0.6 is 0 Å². The zero-order valence-electron chi connectivity index (χ0n) is 10.7. The molecule has 2 nitrogen and oxygen atoms in total. The minimum atomic E-state index is -1.34. The molecule has 0 bridgehead atoms. The van der Waals surface area contributed by atoms with Gasteiger partial charge >= 0.3 is 0 Å². The third-order valence-corrected chi connectivity index (χ3v) is 4.77. The van der Waals surface area contributed by atoms with E-state index in [-0.39, 0.29) is 5.54 Å². The first-order valence-corrected chi connectivity index (χ1v) is 8.77. The molecule has 0 radical (unpaired) electrons. The van der Waals surface area contributed by atoms with Gasteiger partial charge in [-0.15, -0.1) is 0 Å². The topological polar surface area (TPSA) is 21.3 Å². The Morgan fingerprint density at radius 1 is 1.21 bits per heavy atom. The van der Waals surface area contributed by atoms with Gasteiger partial charge in [-0.3, -0.25) is 0 Å². The summed E-state index contributed by atoms with van der Waals surface area (Å²) in [6.07, 6.45) is 1.23. The maximum atomic E-state index is 5.77. The van der Waals surface area contributed by atoms with Crippen molar-refractivity contribution >= 4 is 8.32 Å². The van der Waals surface area contributed by atoms with Crippen LogP contribution in [0.3, 0.4) is 0 Å². The Morgan fingerprint density at radius 2 is 1.79 bits per heavy atom. The lowest BCUT2D eigenvalue weighted by atomic mass is 10.1. The first kappa shape index (κ1) is 14.1. The summed E-state index contributed by atoms with van der Waals surface area (Å²) in [5.74, 6) is 0. The maximum Gasteiger partial charge on any atom is 0.186 e. The Balaban J connectivity index is 3.54. The van der Waals surface area contributed by atoms with Crippen LogP contribution in [-0.2, 0) is 4.43 Å². The molecule has 0 heterocycles. The molecule has 0 saturated heterocycles. The molecule has 3 heteroatoms. The number of hydrogen-bond donors (Lipinski definition) is 1. The molecule has 14 heavy (non-hydrogen) atoms. The molecule has 0 rings (SSSR count). The van der Waals surface area contributed by atoms with E-state index in [0.717, 1.165) is 13.2 Å². The summed E-state index contributed by atoms with van der Waals surface area (Å²) in [4.78, 5) is 0. The average Bonchev–Trinajstić information content (AvgIpc) is 1.96. The van der Waals surface area contributed by atoms with Gasteiger partial charge in [0.25, 0.3) is 0 Å². The van der Waals surface area contributed by atoms with Crippen molar-refractivity contribution in [3.05, 3.63) is 0 Å². The van der Waals surface area contributed by atoms with E-state index in [1.54, 1.807) is 0 Å². The first-order chi connectivity index (χ1) is 6.27. The molecule has 0 unspecified atom stereocenters. The molecular weight excluding hydrogens is 190 g/mol. The highest BCUT2D eigenvalue weighted by molar-refractivity contribution is 6.71. The summed E-state index contributed by atoms with van der Waals surface area (Å²) in [5, 5.41) is 3.50. The van der Waals surface area contributed by atoms with E-state index in [0.29, 0.717) is 0 Å². The fourth-order valence-electron chi connectivity index (χ4n) is 1.44. The van der Waals surface area contributed by atoms with Gasteiger partial charge in [0.1, 0.15) is 0 Å². The number of nitrogens with one attached hydrogen (secondary N) is 1. The highest BCUT2D eigenvalue weighted by Crippen LogP contribution is 2.13. The summed E-state index contributed by atoms with van der Waals surface area (Å²) in [6, 6.07) is 1.25. The monoisotopic (exact) mass is 217 g/mol. The second-order valence-electron chi connectivity index (χ2n) is 5.47. The Bertz CT molecular complexity index is 152. The summed E-state index contributed by atoms with van der Waals surface area (Å²) >= 11 is 0. The molecule has 1 N–H and O–H groups in total. The smallest absolute Gasteiger partial charge is 0.186 e. The first-order valence-electron chi connectivity index (χ1n) is 5.66. The second-order valence-corrected chi connectivity index (χ2v) is 9.78. The van der Waals surface area contributed by atoms with Crippen molar-refractivity contribution in [3.63, 3.8) is 0 Å². The van der Waals surface area contributed by atoms with Crippen LogP contribution in [0.2, 0.25) is 19.1 Å². The third kappa shape index (κ3) is 8.72. The fourth-order valence-corrected chi connectivity index (χ4v) is 3.39. The molecule has 0 saturated carbocycles. The minimum absolute atomic E-state index is 0.247. The lowest BCUT2D eigenvalue weighted by Crippen LogP contribution is -2.38. The van der Waals surface area contributed by atoms with Gasteiger partial charge in [0, 0.05) is 12.1 Å². The van der Waals surface area contributed by atoms with Gasteiger partial charge < -0.3 is 9.74 Å². The van der Waals surface area contributed by atoms with Crippen LogP contribution in [0.15, 0.2) is 0 Å². The average molecular weight is 217 g/mol. The Kier molecular flexibility index (Phi) is 5.94. The second kappa shape index (κ2) is 5.88. The van der Waals surface area contributed by atoms with Crippen molar-refractivity contribution < 1.29 is 4.43 Å². The van der Waals surface area contributed by atoms with Crippen LogP contribution in [0.25, 0.3) is 0 Å². The van der Waals surface area contributed by atoms with Gasteiger partial charge in [0.05, 0.1) is 0 Å². The van der Waals surface area contributed by atoms with Crippen molar-refractivity contribution in [2.45, 2.75) is 58.8 Å². The lowest BCUT2D eigenvalue weighted by Gasteiger charge is -2.24. The predicted molar refractivity (Wildman–Crippen MR) is 66.3 cm³/mol. The van der Waals surface area contributed by atoms with Gasteiger partial charge in [-0.1, -0.05) is 0 Å². The number of hydrogen-bond acceptors (Lipinski definition) is 2. The van der Waals surface area contributed by atoms with Gasteiger partial charge in [0.15, 0.2) is 8.32 Å². The molecule has 0 atom stereocenters. The van der Waals surface area contributed by atoms with Crippen LogP contribution in [0.5, 0.6) is 0 Å². The fraction of sp³-hybridized carbons (Fsp3) is 1.00. The molecule has 0 fully saturated rings. The van der Waals surface area contributed by atoms with E-state index in [1.807, 2.05) is 0 Å². The van der Waals surface area contributed by atoms with E-state index in [4.69, 9.17) is 4.43 Å². The Hall–Kier alpha value is 0.137. The zero-order valence-corrected chi connectivity index (χ0v) is 11.7. The summed E-state index contributed by atoms with van der Waals surface area (Å²) in [5.41, 5.74) is 0.247. The Labute approximate surface area is 90.6 Å². The molecule has 0 aliphatic rings. The van der Waals surface area contributed by atoms with Crippen molar-refractivity contribution in [3.8, 4) is 0 Å². The van der Waals surface area contributed by atoms with Crippen molar-refractivity contribution in [2.24, 2.45) is 0 Å². The van der Waals surface area contributed by atoms with Gasteiger partial charge in [-0.2, -0.15) is 0 Å². The summed E-state index contributed by atoms with van der Waals surface area (Å²) < 4.78 is 5.77. The van der Waals surface area contributed by atoms with Crippen molar-refractivity contribution in [1.29, 1.82) is 0 Å². The Morgan fingerprint density at radius 3 is 2.21 bits per heavy atom. The maximum absolute atomic E-state index is 5.77. The van der Waals surface area contributed by atoms with E-state index < -0.39 is 8.32 Å². The molecule has 0 aromatic carbocycles. The molecule has 0 amide bonds. The largest absolute Gasteiger partial charge is 0.418 e. The molecule has 0 aromatic rings. The molecule has 0 aliphatic carbocycles. The zero-order chi connectivity index (χ0) is 11.2. The molecule has 86 valence electrons.